The fraction of sp³-hybridized carbons (Fsp3) is 0.200. The molecule has 0 unspecified atom stereocenters. The molecule has 0 amide bonds. The molecule has 120 valence electrons. The summed E-state index contributed by atoms with van der Waals surface area (Å²) in [5.74, 6) is -0.267. The lowest BCUT2D eigenvalue weighted by molar-refractivity contribution is -0.140. The van der Waals surface area contributed by atoms with E-state index < -0.39 is 5.97 Å². The molecule has 2 aromatic heterocycles. The molecule has 0 N–H and O–H groups in total. The van der Waals surface area contributed by atoms with Crippen LogP contribution in [0.5, 0.6) is 5.75 Å². The first-order valence-electron chi connectivity index (χ1n) is 6.53. The first-order chi connectivity index (χ1) is 11.2. The topological polar surface area (TPSA) is 73.7 Å². The molecule has 0 radical (unpaired) electrons. The van der Waals surface area contributed by atoms with E-state index in [0.29, 0.717) is 22.8 Å². The van der Waals surface area contributed by atoms with E-state index >= 15 is 0 Å². The minimum absolute atomic E-state index is 0.266. The first kappa shape index (κ1) is 17.2. The Balaban J connectivity index is 2.44. The van der Waals surface area contributed by atoms with Gasteiger partial charge in [-0.3, -0.25) is 4.98 Å². The summed E-state index contributed by atoms with van der Waals surface area (Å²) in [5, 5.41) is 3.62. The molecule has 2 rings (SSSR count). The van der Waals surface area contributed by atoms with Crippen LogP contribution in [0, 0.1) is 0 Å². The normalized spacial score (nSPS) is 10.7. The summed E-state index contributed by atoms with van der Waals surface area (Å²) in [6.45, 7) is 0. The summed E-state index contributed by atoms with van der Waals surface area (Å²) in [7, 11) is 1.58. The molecule has 0 atom stereocenters. The van der Waals surface area contributed by atoms with Crippen LogP contribution in [0.2, 0.25) is 0 Å². The van der Waals surface area contributed by atoms with Crippen LogP contribution < -0.4 is 4.74 Å². The number of pyridine rings is 2. The fourth-order valence-electron chi connectivity index (χ4n) is 1.78. The van der Waals surface area contributed by atoms with Crippen LogP contribution in [0.3, 0.4) is 0 Å². The molecular formula is C15H14ClN3O3S. The number of carbonyl (C=O) groups is 1. The zero-order valence-corrected chi connectivity index (χ0v) is 14.1. The van der Waals surface area contributed by atoms with E-state index in [0.717, 1.165) is 4.90 Å². The number of hydrogen-bond acceptors (Lipinski definition) is 7. The maximum absolute atomic E-state index is 11.0. The van der Waals surface area contributed by atoms with Crippen molar-refractivity contribution in [3.8, 4) is 17.1 Å². The van der Waals surface area contributed by atoms with E-state index in [9.17, 15) is 4.79 Å². The number of alkyl halides is 1. The number of oxime groups is 1. The number of halogens is 1. The molecule has 23 heavy (non-hydrogen) atoms. The molecule has 0 fully saturated rings. The van der Waals surface area contributed by atoms with Crippen molar-refractivity contribution in [2.24, 2.45) is 5.16 Å². The van der Waals surface area contributed by atoms with Crippen LogP contribution in [0.1, 0.15) is 5.69 Å². The van der Waals surface area contributed by atoms with Crippen molar-refractivity contribution in [3.05, 3.63) is 36.2 Å². The van der Waals surface area contributed by atoms with Gasteiger partial charge in [0.25, 0.3) is 0 Å². The lowest BCUT2D eigenvalue weighted by Crippen LogP contribution is -2.03. The van der Waals surface area contributed by atoms with Crippen molar-refractivity contribution in [2.45, 2.75) is 4.90 Å². The Morgan fingerprint density at radius 1 is 1.43 bits per heavy atom. The van der Waals surface area contributed by atoms with Gasteiger partial charge in [0.2, 0.25) is 0 Å². The Labute approximate surface area is 142 Å². The highest BCUT2D eigenvalue weighted by atomic mass is 35.5. The van der Waals surface area contributed by atoms with E-state index in [1.165, 1.54) is 18.0 Å². The molecule has 0 aliphatic carbocycles. The van der Waals surface area contributed by atoms with Crippen LogP contribution in [-0.2, 0) is 9.63 Å². The lowest BCUT2D eigenvalue weighted by Gasteiger charge is -2.11. The Morgan fingerprint density at radius 2 is 2.26 bits per heavy atom. The van der Waals surface area contributed by atoms with Gasteiger partial charge < -0.3 is 9.57 Å². The van der Waals surface area contributed by atoms with Gasteiger partial charge in [-0.1, -0.05) is 11.2 Å². The van der Waals surface area contributed by atoms with Gasteiger partial charge >= 0.3 is 5.97 Å². The third-order valence-electron chi connectivity index (χ3n) is 2.76. The number of carbonyl (C=O) groups excluding carboxylic acids is 1. The quantitative estimate of drug-likeness (QED) is 0.262. The lowest BCUT2D eigenvalue weighted by atomic mass is 10.2. The second kappa shape index (κ2) is 8.50. The van der Waals surface area contributed by atoms with Crippen LogP contribution in [0.15, 0.2) is 40.5 Å². The molecule has 0 aliphatic rings. The third kappa shape index (κ3) is 4.43. The smallest absolute Gasteiger partial charge is 0.349 e. The van der Waals surface area contributed by atoms with E-state index in [4.69, 9.17) is 16.3 Å². The van der Waals surface area contributed by atoms with E-state index in [-0.39, 0.29) is 5.88 Å². The minimum atomic E-state index is -0.638. The summed E-state index contributed by atoms with van der Waals surface area (Å²) < 4.78 is 5.41. The molecular weight excluding hydrogens is 338 g/mol. The van der Waals surface area contributed by atoms with E-state index in [1.54, 1.807) is 19.4 Å². The second-order valence-electron chi connectivity index (χ2n) is 4.17. The highest BCUT2D eigenvalue weighted by molar-refractivity contribution is 7.98. The fourth-order valence-corrected chi connectivity index (χ4v) is 2.48. The van der Waals surface area contributed by atoms with Crippen molar-refractivity contribution in [2.75, 3.05) is 19.2 Å². The molecule has 0 saturated heterocycles. The van der Waals surface area contributed by atoms with Gasteiger partial charge in [-0.15, -0.1) is 23.4 Å². The molecule has 0 aliphatic heterocycles. The molecule has 6 nitrogen and oxygen atoms in total. The maximum atomic E-state index is 11.0. The van der Waals surface area contributed by atoms with Crippen LogP contribution >= 0.6 is 23.4 Å². The summed E-state index contributed by atoms with van der Waals surface area (Å²) in [4.78, 5) is 25.2. The highest BCUT2D eigenvalue weighted by Crippen LogP contribution is 2.32. The molecule has 0 spiro atoms. The zero-order valence-electron chi connectivity index (χ0n) is 12.5. The van der Waals surface area contributed by atoms with Gasteiger partial charge in [0.1, 0.15) is 17.3 Å². The number of hydrogen-bond donors (Lipinski definition) is 0. The van der Waals surface area contributed by atoms with Gasteiger partial charge in [0, 0.05) is 12.3 Å². The molecule has 0 saturated carbocycles. The minimum Gasteiger partial charge on any atom is -0.495 e. The third-order valence-corrected chi connectivity index (χ3v) is 3.79. The first-order valence-corrected chi connectivity index (χ1v) is 8.29. The zero-order chi connectivity index (χ0) is 16.7. The second-order valence-corrected chi connectivity index (χ2v) is 5.26. The van der Waals surface area contributed by atoms with Gasteiger partial charge in [-0.25, -0.2) is 9.78 Å². The SMILES string of the molecule is COc1cc(-c2ccccn2)nc(/C=N/OC(=O)CCl)c1SC. The number of nitrogens with zero attached hydrogens (tertiary/aromatic N) is 3. The predicted octanol–water partition coefficient (Wildman–Crippen LogP) is 2.99. The molecule has 2 heterocycles. The van der Waals surface area contributed by atoms with Crippen molar-refractivity contribution >= 4 is 35.5 Å². The van der Waals surface area contributed by atoms with Crippen molar-refractivity contribution < 1.29 is 14.4 Å². The Hall–Kier alpha value is -2.12. The monoisotopic (exact) mass is 351 g/mol. The largest absolute Gasteiger partial charge is 0.495 e. The Kier molecular flexibility index (Phi) is 6.37. The maximum Gasteiger partial charge on any atom is 0.349 e. The summed E-state index contributed by atoms with van der Waals surface area (Å²) in [6, 6.07) is 7.34. The van der Waals surface area contributed by atoms with Gasteiger partial charge in [0.05, 0.1) is 29.6 Å². The van der Waals surface area contributed by atoms with Crippen molar-refractivity contribution in [1.29, 1.82) is 0 Å². The summed E-state index contributed by atoms with van der Waals surface area (Å²) >= 11 is 6.80. The van der Waals surface area contributed by atoms with Crippen LogP contribution in [0.25, 0.3) is 11.4 Å². The molecule has 0 bridgehead atoms. The molecule has 8 heteroatoms. The molecule has 0 aromatic carbocycles. The molecule has 2 aromatic rings. The standard InChI is InChI=1S/C15H14ClN3O3S/c1-21-13-7-11(10-5-3-4-6-17-10)19-12(15(13)23-2)9-18-22-14(20)8-16/h3-7,9H,8H2,1-2H3/b18-9+. The van der Waals surface area contributed by atoms with Crippen molar-refractivity contribution in [1.82, 2.24) is 9.97 Å². The van der Waals surface area contributed by atoms with Gasteiger partial charge in [-0.05, 0) is 18.4 Å². The average Bonchev–Trinajstić information content (AvgIpc) is 2.61. The average molecular weight is 352 g/mol. The number of rotatable bonds is 6. The Bertz CT molecular complexity index is 711. The van der Waals surface area contributed by atoms with Crippen LogP contribution in [-0.4, -0.2) is 41.4 Å². The van der Waals surface area contributed by atoms with E-state index in [1.807, 2.05) is 24.5 Å². The highest BCUT2D eigenvalue weighted by Gasteiger charge is 2.13. The van der Waals surface area contributed by atoms with Crippen LogP contribution in [0.4, 0.5) is 0 Å². The number of thioether (sulfide) groups is 1. The number of methoxy groups -OCH3 is 1. The number of aromatic nitrogens is 2. The summed E-state index contributed by atoms with van der Waals surface area (Å²) in [5.41, 5.74) is 1.84. The van der Waals surface area contributed by atoms with Gasteiger partial charge in [0.15, 0.2) is 0 Å². The predicted molar refractivity (Wildman–Crippen MR) is 90.2 cm³/mol. The van der Waals surface area contributed by atoms with E-state index in [2.05, 4.69) is 20.0 Å². The number of ether oxygens (including phenoxy) is 1. The Morgan fingerprint density at radius 3 is 2.87 bits per heavy atom. The van der Waals surface area contributed by atoms with Crippen molar-refractivity contribution in [3.63, 3.8) is 0 Å². The summed E-state index contributed by atoms with van der Waals surface area (Å²) in [6.07, 6.45) is 4.93. The van der Waals surface area contributed by atoms with Gasteiger partial charge in [-0.2, -0.15) is 0 Å².